The molecule has 2 aliphatic rings. The van der Waals surface area contributed by atoms with Crippen molar-refractivity contribution >= 4 is 33.3 Å². The number of carbonyl (C=O) groups excluding carboxylic acids is 2. The topological polar surface area (TPSA) is 74.8 Å². The molecule has 2 atom stereocenters. The maximum Gasteiger partial charge on any atom is 0.255 e. The fourth-order valence-electron chi connectivity index (χ4n) is 3.66. The molecule has 25 heavy (non-hydrogen) atoms. The summed E-state index contributed by atoms with van der Waals surface area (Å²) in [6, 6.07) is 5.76. The van der Waals surface area contributed by atoms with Gasteiger partial charge in [0.2, 0.25) is 5.91 Å². The quantitative estimate of drug-likeness (QED) is 0.793. The van der Waals surface area contributed by atoms with Crippen molar-refractivity contribution in [2.45, 2.75) is 31.8 Å². The Labute approximate surface area is 152 Å². The third-order valence-corrected chi connectivity index (χ3v) is 6.85. The lowest BCUT2D eigenvalue weighted by atomic mass is 10.0. The zero-order valence-corrected chi connectivity index (χ0v) is 15.6. The molecule has 2 heterocycles. The van der Waals surface area contributed by atoms with E-state index < -0.39 is 21.9 Å². The Kier molecular flexibility index (Phi) is 5.06. The van der Waals surface area contributed by atoms with E-state index in [2.05, 4.69) is 0 Å². The summed E-state index contributed by atoms with van der Waals surface area (Å²) in [5.74, 6) is -0.511. The lowest BCUT2D eigenvalue weighted by molar-refractivity contribution is -0.136. The van der Waals surface area contributed by atoms with Gasteiger partial charge >= 0.3 is 0 Å². The summed E-state index contributed by atoms with van der Waals surface area (Å²) in [6.07, 6.45) is 1.10. The molecule has 0 aliphatic carbocycles. The molecule has 0 aromatic heterocycles. The summed E-state index contributed by atoms with van der Waals surface area (Å²) >= 11 is 6.13. The number of piperazine rings is 1. The molecule has 6 nitrogen and oxygen atoms in total. The molecule has 1 aromatic rings. The normalized spacial score (nSPS) is 24.9. The van der Waals surface area contributed by atoms with Crippen LogP contribution < -0.4 is 0 Å². The Morgan fingerprint density at radius 2 is 1.72 bits per heavy atom. The Hall–Kier alpha value is -1.60. The van der Waals surface area contributed by atoms with Crippen molar-refractivity contribution in [3.05, 3.63) is 34.9 Å². The number of rotatable bonds is 3. The molecule has 0 unspecified atom stereocenters. The predicted molar refractivity (Wildman–Crippen MR) is 95.3 cm³/mol. The summed E-state index contributed by atoms with van der Waals surface area (Å²) < 4.78 is 24.4. The molecule has 2 aliphatic heterocycles. The fraction of sp³-hybridized carbons (Fsp3) is 0.529. The average molecular weight is 385 g/mol. The highest BCUT2D eigenvalue weighted by atomic mass is 35.5. The van der Waals surface area contributed by atoms with Crippen molar-refractivity contribution in [1.82, 2.24) is 9.80 Å². The van der Waals surface area contributed by atoms with E-state index in [1.807, 2.05) is 6.92 Å². The number of sulfone groups is 1. The molecule has 0 bridgehead atoms. The SMILES string of the molecule is CCCC(=O)N1CCN(C(=O)c2ccccc2Cl)[C@@H]2CS(=O)(=O)C[C@@H]21. The van der Waals surface area contributed by atoms with Crippen LogP contribution in [0.2, 0.25) is 5.02 Å². The largest absolute Gasteiger partial charge is 0.335 e. The Morgan fingerprint density at radius 3 is 2.36 bits per heavy atom. The molecular formula is C17H21ClN2O4S. The van der Waals surface area contributed by atoms with E-state index in [9.17, 15) is 18.0 Å². The van der Waals surface area contributed by atoms with Crippen LogP contribution in [0.1, 0.15) is 30.1 Å². The number of hydrogen-bond donors (Lipinski definition) is 0. The van der Waals surface area contributed by atoms with E-state index in [-0.39, 0.29) is 23.3 Å². The molecule has 2 amide bonds. The summed E-state index contributed by atoms with van der Waals surface area (Å²) in [4.78, 5) is 28.5. The summed E-state index contributed by atoms with van der Waals surface area (Å²) in [7, 11) is -3.29. The van der Waals surface area contributed by atoms with Crippen LogP contribution in [0.5, 0.6) is 0 Å². The minimum Gasteiger partial charge on any atom is -0.335 e. The number of hydrogen-bond acceptors (Lipinski definition) is 4. The number of halogens is 1. The Bertz CT molecular complexity index is 796. The number of fused-ring (bicyclic) bond motifs is 1. The molecule has 3 rings (SSSR count). The highest BCUT2D eigenvalue weighted by Gasteiger charge is 2.49. The molecule has 0 spiro atoms. The monoisotopic (exact) mass is 384 g/mol. The van der Waals surface area contributed by atoms with Gasteiger partial charge in [-0.05, 0) is 18.6 Å². The van der Waals surface area contributed by atoms with E-state index in [0.717, 1.165) is 0 Å². The van der Waals surface area contributed by atoms with E-state index in [0.29, 0.717) is 36.5 Å². The van der Waals surface area contributed by atoms with Crippen LogP contribution in [0.3, 0.4) is 0 Å². The third-order valence-electron chi connectivity index (χ3n) is 4.83. The van der Waals surface area contributed by atoms with Crippen LogP contribution in [0.25, 0.3) is 0 Å². The first-order valence-electron chi connectivity index (χ1n) is 8.39. The summed E-state index contributed by atoms with van der Waals surface area (Å²) in [5, 5.41) is 0.342. The van der Waals surface area contributed by atoms with Gasteiger partial charge in [0.25, 0.3) is 5.91 Å². The van der Waals surface area contributed by atoms with E-state index in [1.54, 1.807) is 34.1 Å². The van der Waals surface area contributed by atoms with Gasteiger partial charge < -0.3 is 9.80 Å². The van der Waals surface area contributed by atoms with Crippen LogP contribution in [-0.4, -0.2) is 66.7 Å². The Morgan fingerprint density at radius 1 is 1.12 bits per heavy atom. The minimum absolute atomic E-state index is 0.0422. The summed E-state index contributed by atoms with van der Waals surface area (Å²) in [5.41, 5.74) is 0.362. The van der Waals surface area contributed by atoms with Crippen LogP contribution in [-0.2, 0) is 14.6 Å². The fourth-order valence-corrected chi connectivity index (χ4v) is 5.86. The number of nitrogens with zero attached hydrogens (tertiary/aromatic N) is 2. The van der Waals surface area contributed by atoms with Crippen LogP contribution >= 0.6 is 11.6 Å². The maximum absolute atomic E-state index is 12.9. The molecular weight excluding hydrogens is 364 g/mol. The van der Waals surface area contributed by atoms with E-state index in [1.165, 1.54) is 0 Å². The van der Waals surface area contributed by atoms with Crippen molar-refractivity contribution in [2.24, 2.45) is 0 Å². The number of benzene rings is 1. The van der Waals surface area contributed by atoms with Gasteiger partial charge in [-0.25, -0.2) is 8.42 Å². The van der Waals surface area contributed by atoms with Crippen molar-refractivity contribution in [1.29, 1.82) is 0 Å². The molecule has 136 valence electrons. The third kappa shape index (κ3) is 3.53. The molecule has 0 saturated carbocycles. The maximum atomic E-state index is 12.9. The smallest absolute Gasteiger partial charge is 0.255 e. The van der Waals surface area contributed by atoms with Gasteiger partial charge in [-0.1, -0.05) is 30.7 Å². The zero-order valence-electron chi connectivity index (χ0n) is 14.0. The van der Waals surface area contributed by atoms with Gasteiger partial charge in [-0.2, -0.15) is 0 Å². The van der Waals surface area contributed by atoms with Crippen molar-refractivity contribution < 1.29 is 18.0 Å². The lowest BCUT2D eigenvalue weighted by Gasteiger charge is -2.44. The molecule has 8 heteroatoms. The number of amides is 2. The second-order valence-corrected chi connectivity index (χ2v) is 9.09. The lowest BCUT2D eigenvalue weighted by Crippen LogP contribution is -2.62. The second-order valence-electron chi connectivity index (χ2n) is 6.53. The van der Waals surface area contributed by atoms with Gasteiger partial charge in [-0.3, -0.25) is 9.59 Å². The standard InChI is InChI=1S/C17H21ClN2O4S/c1-2-5-16(21)19-8-9-20(15-11-25(23,24)10-14(15)19)17(22)12-6-3-4-7-13(12)18/h3-4,6-7,14-15H,2,5,8-11H2,1H3/t14-,15+/m0/s1. The first-order valence-corrected chi connectivity index (χ1v) is 10.6. The van der Waals surface area contributed by atoms with Gasteiger partial charge in [0.05, 0.1) is 34.2 Å². The minimum atomic E-state index is -3.29. The van der Waals surface area contributed by atoms with E-state index >= 15 is 0 Å². The first kappa shape index (κ1) is 18.2. The predicted octanol–water partition coefficient (Wildman–Crippen LogP) is 1.59. The molecule has 0 radical (unpaired) electrons. The summed E-state index contributed by atoms with van der Waals surface area (Å²) in [6.45, 7) is 2.58. The number of carbonyl (C=O) groups is 2. The molecule has 2 fully saturated rings. The van der Waals surface area contributed by atoms with Crippen LogP contribution in [0, 0.1) is 0 Å². The van der Waals surface area contributed by atoms with Gasteiger partial charge in [0, 0.05) is 19.5 Å². The first-order chi connectivity index (χ1) is 11.8. The zero-order chi connectivity index (χ0) is 18.2. The van der Waals surface area contributed by atoms with E-state index in [4.69, 9.17) is 11.6 Å². The molecule has 0 N–H and O–H groups in total. The average Bonchev–Trinajstić information content (AvgIpc) is 2.88. The molecule has 1 aromatic carbocycles. The van der Waals surface area contributed by atoms with Gasteiger partial charge in [-0.15, -0.1) is 0 Å². The second kappa shape index (κ2) is 6.96. The highest BCUT2D eigenvalue weighted by Crippen LogP contribution is 2.30. The van der Waals surface area contributed by atoms with Crippen molar-refractivity contribution in [2.75, 3.05) is 24.6 Å². The van der Waals surface area contributed by atoms with Gasteiger partial charge in [0.1, 0.15) is 0 Å². The van der Waals surface area contributed by atoms with Crippen LogP contribution in [0.4, 0.5) is 0 Å². The van der Waals surface area contributed by atoms with Crippen molar-refractivity contribution in [3.8, 4) is 0 Å². The highest BCUT2D eigenvalue weighted by molar-refractivity contribution is 7.91. The van der Waals surface area contributed by atoms with Crippen molar-refractivity contribution in [3.63, 3.8) is 0 Å². The Balaban J connectivity index is 1.90. The van der Waals surface area contributed by atoms with Crippen LogP contribution in [0.15, 0.2) is 24.3 Å². The van der Waals surface area contributed by atoms with Gasteiger partial charge in [0.15, 0.2) is 9.84 Å². The molecule has 2 saturated heterocycles.